The maximum atomic E-state index is 13.8. The van der Waals surface area contributed by atoms with Gasteiger partial charge in [0, 0.05) is 50.5 Å². The van der Waals surface area contributed by atoms with Crippen LogP contribution in [0.5, 0.6) is 0 Å². The molecule has 4 heterocycles. The molecule has 3 fully saturated rings. The summed E-state index contributed by atoms with van der Waals surface area (Å²) in [4.78, 5) is 31.7. The molecule has 56 heavy (non-hydrogen) atoms. The van der Waals surface area contributed by atoms with E-state index in [0.29, 0.717) is 49.5 Å². The molecule has 12 nitrogen and oxygen atoms in total. The van der Waals surface area contributed by atoms with E-state index in [1.165, 1.54) is 12.8 Å². The average molecular weight is 791 g/mol. The molecule has 4 aliphatic heterocycles. The van der Waals surface area contributed by atoms with Gasteiger partial charge in [0.05, 0.1) is 36.9 Å². The Bertz CT molecular complexity index is 1260. The molecule has 0 aromatic carbocycles. The van der Waals surface area contributed by atoms with Crippen LogP contribution in [-0.4, -0.2) is 144 Å². The van der Waals surface area contributed by atoms with Crippen molar-refractivity contribution in [3.05, 3.63) is 24.3 Å². The highest BCUT2D eigenvalue weighted by atomic mass is 16.7. The second-order valence-electron chi connectivity index (χ2n) is 18.7. The first-order valence-corrected chi connectivity index (χ1v) is 21.8. The number of likely N-dealkylation sites (tertiary alicyclic amines) is 1. The van der Waals surface area contributed by atoms with E-state index < -0.39 is 60.8 Å². The zero-order chi connectivity index (χ0) is 41.3. The first kappa shape index (κ1) is 46.9. The van der Waals surface area contributed by atoms with Crippen LogP contribution in [0.25, 0.3) is 0 Å². The minimum atomic E-state index is -1.18. The molecule has 16 atom stereocenters. The van der Waals surface area contributed by atoms with Crippen molar-refractivity contribution in [2.45, 2.75) is 143 Å². The van der Waals surface area contributed by atoms with E-state index in [1.54, 1.807) is 38.1 Å². The summed E-state index contributed by atoms with van der Waals surface area (Å²) < 4.78 is 19.1. The Kier molecular flexibility index (Phi) is 18.5. The van der Waals surface area contributed by atoms with Crippen molar-refractivity contribution < 1.29 is 39.1 Å². The van der Waals surface area contributed by atoms with Crippen molar-refractivity contribution in [2.75, 3.05) is 53.4 Å². The largest absolute Gasteiger partial charge is 0.462 e. The van der Waals surface area contributed by atoms with Crippen LogP contribution in [0.3, 0.4) is 0 Å². The lowest BCUT2D eigenvalue weighted by atomic mass is 9.79. The van der Waals surface area contributed by atoms with Gasteiger partial charge in [0.1, 0.15) is 12.2 Å². The SMILES string of the molecule is CC[C@H]1OC(=O)C[C@@H](O)[C@H](C)[C@@H](OC2OC(C)C(O)C(N(C)C)C2O)[C@@H](CCN2CC(C)CC(C)C2)C[C@@H](C)C(=O)/C=C/C=C/[C@@H]1CNN1CC(C)CC(C)C1. The maximum Gasteiger partial charge on any atom is 0.308 e. The number of esters is 1. The molecule has 0 bridgehead atoms. The van der Waals surface area contributed by atoms with Gasteiger partial charge in [-0.15, -0.1) is 0 Å². The third-order valence-corrected chi connectivity index (χ3v) is 12.9. The number of ketones is 1. The van der Waals surface area contributed by atoms with E-state index in [2.05, 4.69) is 43.0 Å². The van der Waals surface area contributed by atoms with Crippen LogP contribution in [0.2, 0.25) is 0 Å². The number of hydrazine groups is 1. The van der Waals surface area contributed by atoms with E-state index in [9.17, 15) is 24.9 Å². The minimum absolute atomic E-state index is 0.00159. The lowest BCUT2D eigenvalue weighted by Crippen LogP contribution is -2.63. The average Bonchev–Trinajstić information content (AvgIpc) is 3.11. The van der Waals surface area contributed by atoms with Crippen LogP contribution in [0, 0.1) is 47.3 Å². The molecule has 0 amide bonds. The zero-order valence-electron chi connectivity index (χ0n) is 36.3. The van der Waals surface area contributed by atoms with Crippen LogP contribution >= 0.6 is 0 Å². The number of carbonyl (C=O) groups excluding carboxylic acids is 2. The Balaban J connectivity index is 1.65. The molecule has 4 rings (SSSR count). The molecule has 12 heteroatoms. The number of hydrogen-bond acceptors (Lipinski definition) is 12. The molecule has 0 aromatic rings. The first-order chi connectivity index (χ1) is 26.5. The van der Waals surface area contributed by atoms with Crippen molar-refractivity contribution in [3.8, 4) is 0 Å². The highest BCUT2D eigenvalue weighted by Crippen LogP contribution is 2.35. The summed E-state index contributed by atoms with van der Waals surface area (Å²) in [6.45, 7) is 21.9. The highest BCUT2D eigenvalue weighted by Gasteiger charge is 2.47. The topological polar surface area (TPSA) is 144 Å². The van der Waals surface area contributed by atoms with E-state index >= 15 is 0 Å². The van der Waals surface area contributed by atoms with Crippen molar-refractivity contribution in [3.63, 3.8) is 0 Å². The van der Waals surface area contributed by atoms with E-state index in [1.807, 2.05) is 32.9 Å². The number of likely N-dealkylation sites (N-methyl/N-ethyl adjacent to an activating group) is 1. The minimum Gasteiger partial charge on any atom is -0.462 e. The number of aliphatic hydroxyl groups excluding tert-OH is 3. The molecule has 0 spiro atoms. The van der Waals surface area contributed by atoms with Crippen LogP contribution in [0.1, 0.15) is 93.9 Å². The smallest absolute Gasteiger partial charge is 0.308 e. The van der Waals surface area contributed by atoms with Crippen LogP contribution in [0.4, 0.5) is 0 Å². The predicted octanol–water partition coefficient (Wildman–Crippen LogP) is 4.28. The van der Waals surface area contributed by atoms with Crippen LogP contribution in [-0.2, 0) is 23.8 Å². The quantitative estimate of drug-likeness (QED) is 0.235. The number of allylic oxidation sites excluding steroid dienone is 3. The molecule has 4 N–H and O–H groups in total. The maximum absolute atomic E-state index is 13.8. The van der Waals surface area contributed by atoms with E-state index in [-0.39, 0.29) is 30.0 Å². The molecule has 9 unspecified atom stereocenters. The van der Waals surface area contributed by atoms with Gasteiger partial charge in [-0.1, -0.05) is 66.7 Å². The third kappa shape index (κ3) is 13.4. The van der Waals surface area contributed by atoms with Gasteiger partial charge < -0.3 is 39.3 Å². The summed E-state index contributed by atoms with van der Waals surface area (Å²) in [6.07, 6.45) is 5.13. The number of aliphatic hydroxyl groups is 3. The van der Waals surface area contributed by atoms with Crippen LogP contribution in [0.15, 0.2) is 24.3 Å². The van der Waals surface area contributed by atoms with Gasteiger partial charge in [-0.05, 0) is 95.3 Å². The van der Waals surface area contributed by atoms with Gasteiger partial charge in [-0.25, -0.2) is 5.01 Å². The molecule has 4 aliphatic rings. The number of hydrogen-bond donors (Lipinski definition) is 4. The zero-order valence-corrected chi connectivity index (χ0v) is 36.3. The summed E-state index contributed by atoms with van der Waals surface area (Å²) in [5.41, 5.74) is 3.60. The van der Waals surface area contributed by atoms with Crippen molar-refractivity contribution in [1.82, 2.24) is 20.2 Å². The first-order valence-electron chi connectivity index (χ1n) is 21.8. The summed E-state index contributed by atoms with van der Waals surface area (Å²) in [5, 5.41) is 36.7. The molecular weight excluding hydrogens is 713 g/mol. The lowest BCUT2D eigenvalue weighted by Gasteiger charge is -2.47. The van der Waals surface area contributed by atoms with E-state index in [0.717, 1.165) is 32.7 Å². The summed E-state index contributed by atoms with van der Waals surface area (Å²) in [7, 11) is 3.60. The highest BCUT2D eigenvalue weighted by molar-refractivity contribution is 5.91. The summed E-state index contributed by atoms with van der Waals surface area (Å²) in [6, 6.07) is -0.645. The van der Waals surface area contributed by atoms with Crippen molar-refractivity contribution in [1.29, 1.82) is 0 Å². The fourth-order valence-corrected chi connectivity index (χ4v) is 10.0. The van der Waals surface area contributed by atoms with Crippen molar-refractivity contribution >= 4 is 11.8 Å². The molecule has 3 saturated heterocycles. The number of carbonyl (C=O) groups is 2. The fourth-order valence-electron chi connectivity index (χ4n) is 10.0. The van der Waals surface area contributed by atoms with Gasteiger partial charge in [-0.3, -0.25) is 15.0 Å². The van der Waals surface area contributed by atoms with Crippen molar-refractivity contribution in [2.24, 2.45) is 47.3 Å². The normalized spacial score (nSPS) is 43.0. The van der Waals surface area contributed by atoms with Crippen LogP contribution < -0.4 is 5.43 Å². The molecule has 322 valence electrons. The Labute approximate surface area is 338 Å². The van der Waals surface area contributed by atoms with Gasteiger partial charge in [0.25, 0.3) is 0 Å². The molecular formula is C44H78N4O8. The van der Waals surface area contributed by atoms with Gasteiger partial charge in [-0.2, -0.15) is 0 Å². The third-order valence-electron chi connectivity index (χ3n) is 12.9. The molecule has 0 aliphatic carbocycles. The van der Waals surface area contributed by atoms with Gasteiger partial charge in [0.15, 0.2) is 12.1 Å². The standard InChI is InChI=1S/C44H78N4O8/c1-11-38-35(22-45-48-25-29(4)19-30(5)26-48)14-12-13-15-36(49)31(6)20-34(16-17-47-23-27(2)18-28(3)24-47)43(32(7)37(50)21-39(51)55-38)56-44-42(53)40(46(9)10)41(52)33(8)54-44/h12-15,27-35,37-38,40-45,50,52-53H,11,16-26H2,1-10H3/b14-12+,15-13+/t27?,28?,29?,30?,31-,32+,33?,34+,35-,37-,38-,40?,41?,42?,43-,44?/m1/s1. The van der Waals surface area contributed by atoms with Gasteiger partial charge in [0.2, 0.25) is 0 Å². The van der Waals surface area contributed by atoms with Gasteiger partial charge >= 0.3 is 5.97 Å². The Hall–Kier alpha value is -1.74. The number of nitrogens with zero attached hydrogens (tertiary/aromatic N) is 3. The summed E-state index contributed by atoms with van der Waals surface area (Å²) >= 11 is 0. The molecule has 0 radical (unpaired) electrons. The predicted molar refractivity (Wildman–Crippen MR) is 219 cm³/mol. The number of rotatable bonds is 10. The number of piperidine rings is 2. The van der Waals surface area contributed by atoms with E-state index in [4.69, 9.17) is 14.2 Å². The number of cyclic esters (lactones) is 1. The molecule has 0 aromatic heterocycles. The molecule has 0 saturated carbocycles. The second kappa shape index (κ2) is 22.0. The lowest BCUT2D eigenvalue weighted by molar-refractivity contribution is -0.304. The Morgan fingerprint density at radius 1 is 0.875 bits per heavy atom. The Morgan fingerprint density at radius 2 is 1.50 bits per heavy atom. The monoisotopic (exact) mass is 791 g/mol. The number of ether oxygens (including phenoxy) is 3. The summed E-state index contributed by atoms with van der Waals surface area (Å²) in [5.74, 6) is 0.510. The number of nitrogens with one attached hydrogen (secondary N) is 1. The second-order valence-corrected chi connectivity index (χ2v) is 18.7. The Morgan fingerprint density at radius 3 is 2.11 bits per heavy atom. The fraction of sp³-hybridized carbons (Fsp3) is 0.864.